The van der Waals surface area contributed by atoms with Crippen molar-refractivity contribution >= 4 is 23.5 Å². The molecule has 3 aromatic carbocycles. The van der Waals surface area contributed by atoms with Crippen molar-refractivity contribution in [1.82, 2.24) is 20.4 Å². The van der Waals surface area contributed by atoms with Crippen LogP contribution in [-0.4, -0.2) is 40.1 Å². The van der Waals surface area contributed by atoms with Crippen molar-refractivity contribution in [3.05, 3.63) is 113 Å². The number of halogens is 4. The summed E-state index contributed by atoms with van der Waals surface area (Å²) < 4.78 is 56.0. The molecule has 0 unspecified atom stereocenters. The Bertz CT molecular complexity index is 1820. The Morgan fingerprint density at radius 1 is 1.04 bits per heavy atom. The third-order valence-corrected chi connectivity index (χ3v) is 7.71. The van der Waals surface area contributed by atoms with Crippen LogP contribution in [-0.2, 0) is 22.3 Å². The van der Waals surface area contributed by atoms with Gasteiger partial charge in [-0.15, -0.1) is 0 Å². The number of likely N-dealkylation sites (N-methyl/N-ethyl adjacent to an activating group) is 1. The van der Waals surface area contributed by atoms with Gasteiger partial charge in [0.2, 0.25) is 5.91 Å². The maximum Gasteiger partial charge on any atom is 0.416 e. The summed E-state index contributed by atoms with van der Waals surface area (Å²) in [4.78, 5) is 41.8. The predicted molar refractivity (Wildman–Crippen MR) is 159 cm³/mol. The second-order valence-corrected chi connectivity index (χ2v) is 10.6. The van der Waals surface area contributed by atoms with Gasteiger partial charge >= 0.3 is 6.18 Å². The number of alkyl halides is 3. The van der Waals surface area contributed by atoms with Gasteiger partial charge < -0.3 is 10.6 Å². The van der Waals surface area contributed by atoms with Gasteiger partial charge in [-0.1, -0.05) is 36.4 Å². The number of nitriles is 1. The van der Waals surface area contributed by atoms with Crippen LogP contribution in [0.5, 0.6) is 0 Å². The van der Waals surface area contributed by atoms with Crippen LogP contribution in [0.3, 0.4) is 0 Å². The van der Waals surface area contributed by atoms with Gasteiger partial charge in [-0.3, -0.25) is 19.3 Å². The average Bonchev–Trinajstić information content (AvgIpc) is 3.43. The molecule has 1 aromatic heterocycles. The normalized spacial score (nSPS) is 16.7. The number of carbonyl (C=O) groups excluding carboxylic acids is 3. The highest BCUT2D eigenvalue weighted by molar-refractivity contribution is 6.05. The first-order chi connectivity index (χ1) is 21.9. The number of nitrogens with zero attached hydrogens (tertiary/aromatic N) is 4. The average molecular weight is 633 g/mol. The Labute approximate surface area is 261 Å². The Kier molecular flexibility index (Phi) is 8.91. The number of hydrogen-bond donors (Lipinski definition) is 2. The quantitative estimate of drug-likeness (QED) is 0.262. The number of aromatic nitrogens is 2. The molecule has 0 saturated heterocycles. The SMILES string of the molecule is CCN1C(=O)[C@@H](NC(=O)c2cccc(C(F)(F)F)c2)[C@@H](c2ccc(F)cc2)c2c(CNC(=O)[C@H](C)C#N)nn(-c3ccccc3)c21. The molecule has 1 aliphatic rings. The molecule has 1 aliphatic heterocycles. The molecule has 5 rings (SSSR count). The summed E-state index contributed by atoms with van der Waals surface area (Å²) in [6, 6.07) is 18.5. The number of benzene rings is 3. The van der Waals surface area contributed by atoms with E-state index >= 15 is 0 Å². The molecule has 3 atom stereocenters. The molecule has 46 heavy (non-hydrogen) atoms. The monoisotopic (exact) mass is 632 g/mol. The van der Waals surface area contributed by atoms with Crippen LogP contribution < -0.4 is 15.5 Å². The molecule has 0 spiro atoms. The van der Waals surface area contributed by atoms with Gasteiger partial charge in [0, 0.05) is 23.6 Å². The van der Waals surface area contributed by atoms with Gasteiger partial charge in [0.25, 0.3) is 11.8 Å². The van der Waals surface area contributed by atoms with Gasteiger partial charge in [-0.05, 0) is 61.9 Å². The maximum atomic E-state index is 14.3. The fourth-order valence-electron chi connectivity index (χ4n) is 5.43. The van der Waals surface area contributed by atoms with E-state index in [0.717, 1.165) is 12.1 Å². The number of amides is 3. The topological polar surface area (TPSA) is 120 Å². The molecular weight excluding hydrogens is 604 g/mol. The van der Waals surface area contributed by atoms with E-state index in [4.69, 9.17) is 5.10 Å². The van der Waals surface area contributed by atoms with Crippen molar-refractivity contribution in [2.75, 3.05) is 11.4 Å². The number of hydrogen-bond acceptors (Lipinski definition) is 5. The van der Waals surface area contributed by atoms with E-state index in [1.807, 2.05) is 6.07 Å². The second kappa shape index (κ2) is 12.8. The van der Waals surface area contributed by atoms with Gasteiger partial charge in [0.05, 0.1) is 29.6 Å². The molecule has 236 valence electrons. The fourth-order valence-corrected chi connectivity index (χ4v) is 5.43. The zero-order valence-electron chi connectivity index (χ0n) is 24.7. The lowest BCUT2D eigenvalue weighted by Crippen LogP contribution is -2.55. The predicted octanol–water partition coefficient (Wildman–Crippen LogP) is 5.10. The van der Waals surface area contributed by atoms with Crippen molar-refractivity contribution < 1.29 is 31.9 Å². The van der Waals surface area contributed by atoms with E-state index < -0.39 is 53.2 Å². The molecule has 0 bridgehead atoms. The van der Waals surface area contributed by atoms with Crippen molar-refractivity contribution in [1.29, 1.82) is 5.26 Å². The number of anilines is 1. The van der Waals surface area contributed by atoms with E-state index in [1.54, 1.807) is 37.3 Å². The van der Waals surface area contributed by atoms with Crippen molar-refractivity contribution in [3.8, 4) is 11.8 Å². The fraction of sp³-hybridized carbons (Fsp3) is 0.242. The molecule has 0 saturated carbocycles. The van der Waals surface area contributed by atoms with Crippen molar-refractivity contribution in [2.45, 2.75) is 38.5 Å². The summed E-state index contributed by atoms with van der Waals surface area (Å²) in [7, 11) is 0. The lowest BCUT2D eigenvalue weighted by atomic mass is 9.80. The first kappa shape index (κ1) is 31.9. The zero-order valence-corrected chi connectivity index (χ0v) is 24.7. The molecule has 0 radical (unpaired) electrons. The third-order valence-electron chi connectivity index (χ3n) is 7.71. The number of para-hydroxylation sites is 1. The summed E-state index contributed by atoms with van der Waals surface area (Å²) in [5, 5.41) is 19.3. The second-order valence-electron chi connectivity index (χ2n) is 10.6. The highest BCUT2D eigenvalue weighted by atomic mass is 19.4. The van der Waals surface area contributed by atoms with E-state index in [0.29, 0.717) is 34.4 Å². The van der Waals surface area contributed by atoms with E-state index in [1.165, 1.54) is 46.8 Å². The number of fused-ring (bicyclic) bond motifs is 1. The Balaban J connectivity index is 1.69. The van der Waals surface area contributed by atoms with Crippen molar-refractivity contribution in [3.63, 3.8) is 0 Å². The summed E-state index contributed by atoms with van der Waals surface area (Å²) in [5.41, 5.74) is 0.375. The number of carbonyl (C=O) groups is 3. The minimum absolute atomic E-state index is 0.119. The number of rotatable bonds is 8. The van der Waals surface area contributed by atoms with Crippen LogP contribution in [0.15, 0.2) is 78.9 Å². The maximum absolute atomic E-state index is 14.3. The summed E-state index contributed by atoms with van der Waals surface area (Å²) >= 11 is 0. The molecule has 4 aromatic rings. The van der Waals surface area contributed by atoms with E-state index in [9.17, 15) is 37.2 Å². The largest absolute Gasteiger partial charge is 0.416 e. The lowest BCUT2D eigenvalue weighted by molar-refractivity contribution is -0.137. The molecule has 13 heteroatoms. The van der Waals surface area contributed by atoms with Crippen LogP contribution >= 0.6 is 0 Å². The number of nitrogens with one attached hydrogen (secondary N) is 2. The van der Waals surface area contributed by atoms with E-state index in [-0.39, 0.29) is 18.7 Å². The zero-order chi connectivity index (χ0) is 33.2. The van der Waals surface area contributed by atoms with Crippen LogP contribution in [0.25, 0.3) is 5.69 Å². The highest BCUT2D eigenvalue weighted by Crippen LogP contribution is 2.44. The summed E-state index contributed by atoms with van der Waals surface area (Å²) in [6.07, 6.45) is -4.70. The van der Waals surface area contributed by atoms with E-state index in [2.05, 4.69) is 10.6 Å². The minimum Gasteiger partial charge on any atom is -0.349 e. The van der Waals surface area contributed by atoms with Crippen LogP contribution in [0.2, 0.25) is 0 Å². The first-order valence-electron chi connectivity index (χ1n) is 14.3. The summed E-state index contributed by atoms with van der Waals surface area (Å²) in [5.74, 6) is -4.23. The van der Waals surface area contributed by atoms with Crippen molar-refractivity contribution in [2.24, 2.45) is 5.92 Å². The standard InChI is InChI=1S/C33H28F4N6O3/c1-3-42-31-27(25(18-39-29(44)19(2)17-38)41-43(31)24-10-5-4-6-11-24)26(20-12-14-23(34)15-13-20)28(32(42)46)40-30(45)21-8-7-9-22(16-21)33(35,36)37/h4-16,19,26,28H,3,18H2,1-2H3,(H,39,44)(H,40,45)/t19-,26+,28+/m1/s1. The molecule has 0 fully saturated rings. The molecule has 0 aliphatic carbocycles. The lowest BCUT2D eigenvalue weighted by Gasteiger charge is -2.38. The molecular formula is C33H28F4N6O3. The highest BCUT2D eigenvalue weighted by Gasteiger charge is 2.46. The Morgan fingerprint density at radius 2 is 1.74 bits per heavy atom. The van der Waals surface area contributed by atoms with Gasteiger partial charge in [0.1, 0.15) is 23.6 Å². The van der Waals surface area contributed by atoms with Gasteiger partial charge in [-0.2, -0.15) is 23.5 Å². The van der Waals surface area contributed by atoms with Crippen LogP contribution in [0.4, 0.5) is 23.4 Å². The minimum atomic E-state index is -4.70. The van der Waals surface area contributed by atoms with Gasteiger partial charge in [-0.25, -0.2) is 9.07 Å². The molecule has 2 heterocycles. The Morgan fingerprint density at radius 3 is 2.37 bits per heavy atom. The summed E-state index contributed by atoms with van der Waals surface area (Å²) in [6.45, 7) is 3.11. The smallest absolute Gasteiger partial charge is 0.349 e. The molecule has 9 nitrogen and oxygen atoms in total. The van der Waals surface area contributed by atoms with Crippen LogP contribution in [0, 0.1) is 23.1 Å². The van der Waals surface area contributed by atoms with Gasteiger partial charge in [0.15, 0.2) is 0 Å². The first-order valence-corrected chi connectivity index (χ1v) is 14.3. The molecule has 3 amide bonds. The third kappa shape index (κ3) is 6.19. The van der Waals surface area contributed by atoms with Crippen LogP contribution in [0.1, 0.15) is 52.5 Å². The molecule has 2 N–H and O–H groups in total. The Hall–Kier alpha value is -5.51.